The Balaban J connectivity index is 1.06. The normalized spacial score (nSPS) is 26.7. The average molecular weight is 795 g/mol. The molecule has 4 aliphatic rings. The van der Waals surface area contributed by atoms with Gasteiger partial charge in [0.15, 0.2) is 29.7 Å². The molecule has 0 radical (unpaired) electrons. The number of hydrogen-bond donors (Lipinski definition) is 4. The summed E-state index contributed by atoms with van der Waals surface area (Å²) in [5.41, 5.74) is 7.69. The minimum Gasteiger partial charge on any atom is -0.467 e. The van der Waals surface area contributed by atoms with Crippen LogP contribution in [-0.2, 0) is 49.5 Å². The van der Waals surface area contributed by atoms with E-state index in [0.717, 1.165) is 59.0 Å². The molecule has 1 aromatic carbocycles. The van der Waals surface area contributed by atoms with Crippen molar-refractivity contribution < 1.29 is 61.5 Å². The van der Waals surface area contributed by atoms with Crippen molar-refractivity contribution in [2.75, 3.05) is 18.2 Å². The van der Waals surface area contributed by atoms with E-state index in [1.165, 1.54) is 18.2 Å². The van der Waals surface area contributed by atoms with Crippen LogP contribution in [-0.4, -0.2) is 92.8 Å². The molecule has 19 heteroatoms. The van der Waals surface area contributed by atoms with Crippen molar-refractivity contribution in [3.05, 3.63) is 60.1 Å². The highest BCUT2D eigenvalue weighted by Crippen LogP contribution is 2.47. The van der Waals surface area contributed by atoms with Gasteiger partial charge in [0.05, 0.1) is 31.1 Å². The van der Waals surface area contributed by atoms with E-state index in [-0.39, 0.29) is 41.5 Å². The second-order valence-corrected chi connectivity index (χ2v) is 14.2. The molecule has 2 bridgehead atoms. The maximum absolute atomic E-state index is 15.2. The van der Waals surface area contributed by atoms with Crippen LogP contribution in [0.25, 0.3) is 22.4 Å². The molecule has 1 saturated heterocycles. The highest BCUT2D eigenvalue weighted by molar-refractivity contribution is 5.91. The Labute approximate surface area is 323 Å². The van der Waals surface area contributed by atoms with Crippen LogP contribution in [0.4, 0.5) is 20.3 Å². The average Bonchev–Trinajstić information content (AvgIpc) is 3.60. The number of aromatic amines is 1. The number of anilines is 2. The molecule has 7 atom stereocenters. The van der Waals surface area contributed by atoms with E-state index in [2.05, 4.69) is 25.3 Å². The first-order valence-electron chi connectivity index (χ1n) is 18.2. The van der Waals surface area contributed by atoms with Crippen molar-refractivity contribution in [1.29, 1.82) is 0 Å². The van der Waals surface area contributed by atoms with E-state index in [4.69, 9.17) is 34.2 Å². The lowest BCUT2D eigenvalue weighted by atomic mass is 9.61. The SMILES string of the molecule is COC(=O)[C@H]1O[C@@H](Oc2ccc(COC(=O)[C@H]3C4CCC(CC4)[C@@H]3Nc3nc(-c4c[nH]c5ncc(F)cc45)ncc3F)cc2N)[C@H](OC(C)=O)[C@@H](OC(C)=O)[C@@H]1O. The van der Waals surface area contributed by atoms with Crippen LogP contribution in [0.3, 0.4) is 0 Å². The third kappa shape index (κ3) is 8.15. The predicted octanol–water partition coefficient (Wildman–Crippen LogP) is 3.34. The lowest BCUT2D eigenvalue weighted by Crippen LogP contribution is -2.63. The first kappa shape index (κ1) is 39.3. The summed E-state index contributed by atoms with van der Waals surface area (Å²) in [5.74, 6) is -4.96. The van der Waals surface area contributed by atoms with Crippen LogP contribution in [0.2, 0.25) is 0 Å². The number of ether oxygens (including phenoxy) is 6. The van der Waals surface area contributed by atoms with Gasteiger partial charge < -0.3 is 49.6 Å². The van der Waals surface area contributed by atoms with E-state index in [0.29, 0.717) is 22.2 Å². The van der Waals surface area contributed by atoms with Gasteiger partial charge in [-0.2, -0.15) is 0 Å². The lowest BCUT2D eigenvalue weighted by Gasteiger charge is -2.47. The molecule has 302 valence electrons. The number of nitrogens with zero attached hydrogens (tertiary/aromatic N) is 3. The Morgan fingerprint density at radius 2 is 1.70 bits per heavy atom. The molecule has 1 aliphatic heterocycles. The number of nitrogen functional groups attached to an aromatic ring is 1. The van der Waals surface area contributed by atoms with Crippen molar-refractivity contribution in [3.8, 4) is 17.1 Å². The quantitative estimate of drug-likeness (QED) is 0.0968. The number of aliphatic hydroxyl groups excluding tert-OH is 1. The first-order valence-corrected chi connectivity index (χ1v) is 18.2. The summed E-state index contributed by atoms with van der Waals surface area (Å²) < 4.78 is 61.9. The highest BCUT2D eigenvalue weighted by Gasteiger charge is 2.54. The summed E-state index contributed by atoms with van der Waals surface area (Å²) in [7, 11) is 1.06. The molecule has 4 heterocycles. The van der Waals surface area contributed by atoms with E-state index < -0.39 is 78.2 Å². The van der Waals surface area contributed by atoms with Gasteiger partial charge in [-0.1, -0.05) is 6.07 Å². The summed E-state index contributed by atoms with van der Waals surface area (Å²) in [4.78, 5) is 65.7. The molecule has 3 aromatic heterocycles. The molecule has 5 N–H and O–H groups in total. The molecule has 0 unspecified atom stereocenters. The number of hydrogen-bond acceptors (Lipinski definition) is 16. The van der Waals surface area contributed by atoms with E-state index in [1.54, 1.807) is 12.3 Å². The largest absolute Gasteiger partial charge is 0.467 e. The Morgan fingerprint density at radius 3 is 2.40 bits per heavy atom. The molecule has 8 rings (SSSR count). The molecule has 0 spiro atoms. The van der Waals surface area contributed by atoms with E-state index >= 15 is 4.39 Å². The van der Waals surface area contributed by atoms with Gasteiger partial charge in [0.1, 0.15) is 29.9 Å². The van der Waals surface area contributed by atoms with Crippen molar-refractivity contribution >= 4 is 46.4 Å². The zero-order chi connectivity index (χ0) is 40.5. The van der Waals surface area contributed by atoms with Crippen LogP contribution in [0.1, 0.15) is 45.1 Å². The van der Waals surface area contributed by atoms with Gasteiger partial charge in [0.25, 0.3) is 0 Å². The molecule has 3 saturated carbocycles. The van der Waals surface area contributed by atoms with Crippen LogP contribution >= 0.6 is 0 Å². The Bertz CT molecular complexity index is 2180. The topological polar surface area (TPSA) is 236 Å². The summed E-state index contributed by atoms with van der Waals surface area (Å²) in [5, 5.41) is 14.4. The van der Waals surface area contributed by atoms with Gasteiger partial charge in [-0.25, -0.2) is 28.5 Å². The van der Waals surface area contributed by atoms with E-state index in [1.807, 2.05) is 0 Å². The summed E-state index contributed by atoms with van der Waals surface area (Å²) in [6.45, 7) is 1.97. The first-order chi connectivity index (χ1) is 27.3. The minimum atomic E-state index is -1.78. The number of esters is 4. The van der Waals surface area contributed by atoms with Crippen molar-refractivity contribution in [2.24, 2.45) is 17.8 Å². The lowest BCUT2D eigenvalue weighted by molar-refractivity contribution is -0.279. The third-order valence-corrected chi connectivity index (χ3v) is 10.5. The number of nitrogens with one attached hydrogen (secondary N) is 2. The standard InChI is InChI=1S/C38H40F2N6O11/c1-16(47)54-30-29(49)31(37(51)52-3)57-38(32(30)55-17(2)48)56-26-9-4-18(10-25(26)41)15-53-36(50)27-19-5-7-20(8-6-19)28(27)45-35-24(40)14-44-34(46-35)23-13-43-33-22(23)11-21(39)12-42-33/h4,9-14,19-20,27-32,38,49H,5-8,15,41H2,1-3H3,(H,42,43)(H,44,45,46)/t19?,20?,27-,28-,29-,30-,31-,32+,38+/m0/s1. The molecule has 4 fully saturated rings. The van der Waals surface area contributed by atoms with Crippen LogP contribution in [0, 0.1) is 29.4 Å². The maximum Gasteiger partial charge on any atom is 0.338 e. The Kier molecular flexibility index (Phi) is 11.2. The predicted molar refractivity (Wildman–Crippen MR) is 192 cm³/mol. The fraction of sp³-hybridized carbons (Fsp3) is 0.447. The number of nitrogens with two attached hydrogens (primary N) is 1. The maximum atomic E-state index is 15.2. The molecule has 4 aromatic rings. The van der Waals surface area contributed by atoms with Gasteiger partial charge in [-0.05, 0) is 61.3 Å². The number of methoxy groups -OCH3 is 1. The number of rotatable bonds is 11. The zero-order valence-corrected chi connectivity index (χ0v) is 31.0. The van der Waals surface area contributed by atoms with Gasteiger partial charge in [0.2, 0.25) is 12.4 Å². The number of benzene rings is 1. The molecular formula is C38H40F2N6O11. The fourth-order valence-electron chi connectivity index (χ4n) is 7.96. The number of carbonyl (C=O) groups excluding carboxylic acids is 4. The van der Waals surface area contributed by atoms with Crippen molar-refractivity contribution in [1.82, 2.24) is 19.9 Å². The van der Waals surface area contributed by atoms with Crippen LogP contribution in [0.15, 0.2) is 42.9 Å². The molecular weight excluding hydrogens is 754 g/mol. The molecule has 0 amide bonds. The highest BCUT2D eigenvalue weighted by atomic mass is 19.1. The second-order valence-electron chi connectivity index (χ2n) is 14.2. The van der Waals surface area contributed by atoms with Crippen molar-refractivity contribution in [3.63, 3.8) is 0 Å². The Hall–Kier alpha value is -5.95. The number of aromatic nitrogens is 4. The minimum absolute atomic E-state index is 0.00273. The number of pyridine rings is 1. The van der Waals surface area contributed by atoms with Crippen molar-refractivity contribution in [2.45, 2.75) is 82.9 Å². The Morgan fingerprint density at radius 1 is 0.982 bits per heavy atom. The van der Waals surface area contributed by atoms with Gasteiger partial charge in [0, 0.05) is 37.0 Å². The molecule has 57 heavy (non-hydrogen) atoms. The smallest absolute Gasteiger partial charge is 0.338 e. The number of aliphatic hydroxyl groups is 1. The van der Waals surface area contributed by atoms with Gasteiger partial charge >= 0.3 is 23.9 Å². The number of halogens is 2. The van der Waals surface area contributed by atoms with Crippen LogP contribution in [0.5, 0.6) is 5.75 Å². The number of carbonyl (C=O) groups is 4. The molecule has 17 nitrogen and oxygen atoms in total. The summed E-state index contributed by atoms with van der Waals surface area (Å²) in [6, 6.07) is 5.28. The monoisotopic (exact) mass is 794 g/mol. The zero-order valence-electron chi connectivity index (χ0n) is 31.0. The van der Waals surface area contributed by atoms with Crippen LogP contribution < -0.4 is 15.8 Å². The number of fused-ring (bicyclic) bond motifs is 4. The second kappa shape index (κ2) is 16.3. The molecule has 3 aliphatic carbocycles. The number of H-pyrrole nitrogens is 1. The fourth-order valence-corrected chi connectivity index (χ4v) is 7.96. The van der Waals surface area contributed by atoms with Gasteiger partial charge in [-0.3, -0.25) is 14.4 Å². The third-order valence-electron chi connectivity index (χ3n) is 10.5. The summed E-state index contributed by atoms with van der Waals surface area (Å²) in [6.07, 6.45) is -1.20. The summed E-state index contributed by atoms with van der Waals surface area (Å²) >= 11 is 0. The van der Waals surface area contributed by atoms with Gasteiger partial charge in [-0.15, -0.1) is 0 Å². The van der Waals surface area contributed by atoms with E-state index in [9.17, 15) is 28.7 Å².